The third-order valence-corrected chi connectivity index (χ3v) is 7.80. The first-order chi connectivity index (χ1) is 16.5. The highest BCUT2D eigenvalue weighted by atomic mass is 32.2. The lowest BCUT2D eigenvalue weighted by Crippen LogP contribution is -2.44. The van der Waals surface area contributed by atoms with Gasteiger partial charge in [-0.2, -0.15) is 0 Å². The SMILES string of the molecule is O=C1CSc2ncc(CNC3CCN(C[C@@H]4Cc5c(F)ccc6ncc(=O)n4c56)CC3)nc2N1. The molecule has 2 N–H and O–H groups in total. The second kappa shape index (κ2) is 8.71. The molecule has 0 spiro atoms. The largest absolute Gasteiger partial charge is 0.308 e. The molecule has 1 saturated heterocycles. The van der Waals surface area contributed by atoms with Crippen LogP contribution in [0.4, 0.5) is 10.2 Å². The molecule has 176 valence electrons. The fraction of sp³-hybridized carbons (Fsp3) is 0.435. The topological polar surface area (TPSA) is 105 Å². The van der Waals surface area contributed by atoms with Gasteiger partial charge in [-0.05, 0) is 44.5 Å². The zero-order valence-corrected chi connectivity index (χ0v) is 19.3. The number of benzene rings is 1. The number of thioether (sulfide) groups is 1. The molecule has 1 amide bonds. The monoisotopic (exact) mass is 481 g/mol. The zero-order valence-electron chi connectivity index (χ0n) is 18.5. The molecule has 0 aliphatic carbocycles. The highest BCUT2D eigenvalue weighted by Crippen LogP contribution is 2.32. The minimum absolute atomic E-state index is 0.0489. The van der Waals surface area contributed by atoms with Gasteiger partial charge in [-0.1, -0.05) is 11.8 Å². The molecule has 5 heterocycles. The maximum atomic E-state index is 14.4. The summed E-state index contributed by atoms with van der Waals surface area (Å²) in [4.78, 5) is 39.6. The van der Waals surface area contributed by atoms with Crippen molar-refractivity contribution in [1.29, 1.82) is 0 Å². The average Bonchev–Trinajstić information content (AvgIpc) is 3.23. The van der Waals surface area contributed by atoms with Crippen LogP contribution in [-0.2, 0) is 17.8 Å². The van der Waals surface area contributed by atoms with Crippen LogP contribution in [0.15, 0.2) is 34.3 Å². The highest BCUT2D eigenvalue weighted by Gasteiger charge is 2.31. The van der Waals surface area contributed by atoms with Crippen molar-refractivity contribution in [1.82, 2.24) is 29.7 Å². The van der Waals surface area contributed by atoms with E-state index in [-0.39, 0.29) is 23.3 Å². The van der Waals surface area contributed by atoms with Crippen LogP contribution in [0.3, 0.4) is 0 Å². The number of carbonyl (C=O) groups is 1. The highest BCUT2D eigenvalue weighted by molar-refractivity contribution is 8.00. The van der Waals surface area contributed by atoms with E-state index in [1.165, 1.54) is 24.0 Å². The molecule has 3 aliphatic heterocycles. The van der Waals surface area contributed by atoms with Crippen molar-refractivity contribution in [3.63, 3.8) is 0 Å². The zero-order chi connectivity index (χ0) is 23.2. The quantitative estimate of drug-likeness (QED) is 0.568. The standard InChI is InChI=1S/C23H24FN7O2S/c24-17-1-2-18-21-16(17)7-15(31(21)20(33)10-26-18)11-30-5-3-13(4-6-30)25-8-14-9-27-23-22(28-14)29-19(32)12-34-23/h1-2,9-10,13,15,25H,3-8,11-12H2,(H,28,29,32)/t15-/m0/s1. The number of piperidine rings is 1. The second-order valence-electron chi connectivity index (χ2n) is 9.03. The van der Waals surface area contributed by atoms with Gasteiger partial charge in [0.2, 0.25) is 5.91 Å². The smallest absolute Gasteiger partial charge is 0.269 e. The number of rotatable bonds is 5. The lowest BCUT2D eigenvalue weighted by Gasteiger charge is -2.34. The summed E-state index contributed by atoms with van der Waals surface area (Å²) in [6.45, 7) is 3.11. The lowest BCUT2D eigenvalue weighted by atomic mass is 10.0. The van der Waals surface area contributed by atoms with Crippen LogP contribution in [-0.4, -0.2) is 61.8 Å². The maximum absolute atomic E-state index is 14.4. The average molecular weight is 482 g/mol. The molecule has 0 saturated carbocycles. The van der Waals surface area contributed by atoms with Gasteiger partial charge in [0.1, 0.15) is 10.8 Å². The van der Waals surface area contributed by atoms with Gasteiger partial charge in [0.25, 0.3) is 5.56 Å². The van der Waals surface area contributed by atoms with E-state index in [0.717, 1.165) is 36.7 Å². The first-order valence-corrected chi connectivity index (χ1v) is 12.5. The van der Waals surface area contributed by atoms with Crippen molar-refractivity contribution in [2.45, 2.75) is 42.9 Å². The normalized spacial score (nSPS) is 20.5. The van der Waals surface area contributed by atoms with Gasteiger partial charge >= 0.3 is 0 Å². The minimum Gasteiger partial charge on any atom is -0.308 e. The molecule has 0 radical (unpaired) electrons. The van der Waals surface area contributed by atoms with Crippen LogP contribution >= 0.6 is 11.8 Å². The van der Waals surface area contributed by atoms with Crippen LogP contribution < -0.4 is 16.2 Å². The van der Waals surface area contributed by atoms with E-state index < -0.39 is 0 Å². The number of fused-ring (bicyclic) bond motifs is 1. The fourth-order valence-corrected chi connectivity index (χ4v) is 5.86. The summed E-state index contributed by atoms with van der Waals surface area (Å²) >= 11 is 1.40. The van der Waals surface area contributed by atoms with Gasteiger partial charge in [-0.15, -0.1) is 0 Å². The number of aromatic nitrogens is 4. The van der Waals surface area contributed by atoms with Gasteiger partial charge in [0.05, 0.1) is 40.9 Å². The number of anilines is 1. The Morgan fingerprint density at radius 1 is 1.18 bits per heavy atom. The lowest BCUT2D eigenvalue weighted by molar-refractivity contribution is -0.113. The third-order valence-electron chi connectivity index (χ3n) is 6.82. The Morgan fingerprint density at radius 2 is 2.03 bits per heavy atom. The summed E-state index contributed by atoms with van der Waals surface area (Å²) in [6.07, 6.45) is 5.56. The number of hydrogen-bond acceptors (Lipinski definition) is 8. The summed E-state index contributed by atoms with van der Waals surface area (Å²) in [5.74, 6) is 0.611. The molecular formula is C23H24FN7O2S. The van der Waals surface area contributed by atoms with Gasteiger partial charge in [0, 0.05) is 24.7 Å². The van der Waals surface area contributed by atoms with E-state index in [1.807, 2.05) is 0 Å². The van der Waals surface area contributed by atoms with E-state index in [0.29, 0.717) is 53.7 Å². The summed E-state index contributed by atoms with van der Waals surface area (Å²) in [6, 6.07) is 3.36. The number of nitrogens with one attached hydrogen (secondary N) is 2. The molecule has 6 rings (SSSR count). The van der Waals surface area contributed by atoms with E-state index in [2.05, 4.69) is 30.5 Å². The Kier molecular flexibility index (Phi) is 5.54. The Morgan fingerprint density at radius 3 is 2.88 bits per heavy atom. The Hall–Kier alpha value is -2.89. The van der Waals surface area contributed by atoms with Crippen molar-refractivity contribution >= 4 is 34.5 Å². The van der Waals surface area contributed by atoms with Crippen LogP contribution in [0, 0.1) is 5.82 Å². The molecule has 34 heavy (non-hydrogen) atoms. The molecule has 2 aromatic heterocycles. The van der Waals surface area contributed by atoms with Crippen molar-refractivity contribution < 1.29 is 9.18 Å². The van der Waals surface area contributed by atoms with E-state index in [1.54, 1.807) is 16.8 Å². The number of hydrogen-bond donors (Lipinski definition) is 2. The van der Waals surface area contributed by atoms with E-state index in [9.17, 15) is 14.0 Å². The molecule has 3 aliphatic rings. The second-order valence-corrected chi connectivity index (χ2v) is 9.99. The summed E-state index contributed by atoms with van der Waals surface area (Å²) in [5, 5.41) is 7.10. The fourth-order valence-electron chi connectivity index (χ4n) is 5.15. The number of nitrogens with zero attached hydrogens (tertiary/aromatic N) is 5. The van der Waals surface area contributed by atoms with Crippen LogP contribution in [0.1, 0.15) is 30.1 Å². The van der Waals surface area contributed by atoms with Crippen LogP contribution in [0.25, 0.3) is 11.0 Å². The molecule has 3 aromatic rings. The number of likely N-dealkylation sites (tertiary alicyclic amines) is 1. The van der Waals surface area contributed by atoms with Gasteiger partial charge in [-0.3, -0.25) is 9.59 Å². The van der Waals surface area contributed by atoms with Gasteiger partial charge in [-0.25, -0.2) is 19.3 Å². The van der Waals surface area contributed by atoms with Gasteiger partial charge in [0.15, 0.2) is 5.82 Å². The number of carbonyl (C=O) groups excluding carboxylic acids is 1. The minimum atomic E-state index is -0.262. The van der Waals surface area contributed by atoms with E-state index >= 15 is 0 Å². The maximum Gasteiger partial charge on any atom is 0.269 e. The Bertz CT molecular complexity index is 1340. The number of amides is 1. The predicted molar refractivity (Wildman–Crippen MR) is 126 cm³/mol. The van der Waals surface area contributed by atoms with Crippen molar-refractivity contribution in [3.8, 4) is 0 Å². The molecule has 1 atom stereocenters. The molecule has 9 nitrogen and oxygen atoms in total. The van der Waals surface area contributed by atoms with Crippen LogP contribution in [0.5, 0.6) is 0 Å². The van der Waals surface area contributed by atoms with Crippen LogP contribution in [0.2, 0.25) is 0 Å². The van der Waals surface area contributed by atoms with Crippen molar-refractivity contribution in [3.05, 3.63) is 52.0 Å². The van der Waals surface area contributed by atoms with E-state index in [4.69, 9.17) is 0 Å². The third kappa shape index (κ3) is 3.97. The number of halogens is 1. The van der Waals surface area contributed by atoms with Crippen molar-refractivity contribution in [2.75, 3.05) is 30.7 Å². The first kappa shape index (κ1) is 21.6. The molecule has 0 unspecified atom stereocenters. The molecule has 0 bridgehead atoms. The first-order valence-electron chi connectivity index (χ1n) is 11.5. The molecule has 11 heteroatoms. The van der Waals surface area contributed by atoms with Crippen molar-refractivity contribution in [2.24, 2.45) is 0 Å². The molecular weight excluding hydrogens is 457 g/mol. The van der Waals surface area contributed by atoms with Gasteiger partial charge < -0.3 is 20.1 Å². The Balaban J connectivity index is 1.06. The molecule has 1 fully saturated rings. The summed E-state index contributed by atoms with van der Waals surface area (Å²) in [5.41, 5.74) is 2.56. The molecule has 1 aromatic carbocycles. The predicted octanol–water partition coefficient (Wildman–Crippen LogP) is 1.72. The summed E-state index contributed by atoms with van der Waals surface area (Å²) in [7, 11) is 0. The Labute approximate surface area is 199 Å². The summed E-state index contributed by atoms with van der Waals surface area (Å²) < 4.78 is 16.2.